The summed E-state index contributed by atoms with van der Waals surface area (Å²) in [6.07, 6.45) is 4.75. The molecule has 0 aliphatic heterocycles. The molecule has 0 saturated carbocycles. The van der Waals surface area contributed by atoms with E-state index in [4.69, 9.17) is 11.6 Å². The Labute approximate surface area is 143 Å². The first-order valence-corrected chi connectivity index (χ1v) is 7.57. The Morgan fingerprint density at radius 3 is 2.21 bits per heavy atom. The van der Waals surface area contributed by atoms with E-state index in [2.05, 4.69) is 25.6 Å². The van der Waals surface area contributed by atoms with Crippen LogP contribution in [-0.4, -0.2) is 25.6 Å². The van der Waals surface area contributed by atoms with Crippen LogP contribution in [0.3, 0.4) is 0 Å². The van der Waals surface area contributed by atoms with Crippen LogP contribution in [0.25, 0.3) is 5.95 Å². The van der Waals surface area contributed by atoms with Gasteiger partial charge in [0.15, 0.2) is 0 Å². The Hall–Kier alpha value is -2.93. The molecule has 0 radical (unpaired) electrons. The van der Waals surface area contributed by atoms with Gasteiger partial charge in [-0.25, -0.2) is 19.7 Å². The number of aryl methyl sites for hydroxylation is 1. The van der Waals surface area contributed by atoms with Crippen molar-refractivity contribution in [1.29, 1.82) is 0 Å². The van der Waals surface area contributed by atoms with Crippen molar-refractivity contribution >= 4 is 29.0 Å². The SMILES string of the molecule is Cc1ncn(-c2ncc(NC(=O)Nc3ccc(Cl)cc3)cn2)c1C. The summed E-state index contributed by atoms with van der Waals surface area (Å²) in [5, 5.41) is 5.97. The maximum Gasteiger partial charge on any atom is 0.323 e. The molecule has 0 aliphatic carbocycles. The van der Waals surface area contributed by atoms with Gasteiger partial charge >= 0.3 is 6.03 Å². The highest BCUT2D eigenvalue weighted by atomic mass is 35.5. The first-order valence-electron chi connectivity index (χ1n) is 7.19. The topological polar surface area (TPSA) is 84.7 Å². The van der Waals surface area contributed by atoms with Crippen molar-refractivity contribution in [3.63, 3.8) is 0 Å². The van der Waals surface area contributed by atoms with Gasteiger partial charge in [-0.05, 0) is 38.1 Å². The monoisotopic (exact) mass is 342 g/mol. The summed E-state index contributed by atoms with van der Waals surface area (Å²) in [6, 6.07) is 6.44. The zero-order valence-electron chi connectivity index (χ0n) is 13.1. The summed E-state index contributed by atoms with van der Waals surface area (Å²) in [5.74, 6) is 0.497. The normalized spacial score (nSPS) is 10.5. The van der Waals surface area contributed by atoms with Crippen LogP contribution in [0.1, 0.15) is 11.4 Å². The van der Waals surface area contributed by atoms with Gasteiger partial charge in [-0.2, -0.15) is 0 Å². The molecule has 0 unspecified atom stereocenters. The molecule has 7 nitrogen and oxygen atoms in total. The van der Waals surface area contributed by atoms with E-state index in [1.807, 2.05) is 13.8 Å². The fourth-order valence-corrected chi connectivity index (χ4v) is 2.16. The number of halogens is 1. The summed E-state index contributed by atoms with van der Waals surface area (Å²) < 4.78 is 1.78. The number of nitrogens with one attached hydrogen (secondary N) is 2. The van der Waals surface area contributed by atoms with Crippen LogP contribution in [0, 0.1) is 13.8 Å². The molecule has 2 heterocycles. The van der Waals surface area contributed by atoms with Gasteiger partial charge in [-0.3, -0.25) is 4.57 Å². The van der Waals surface area contributed by atoms with E-state index in [-0.39, 0.29) is 6.03 Å². The van der Waals surface area contributed by atoms with E-state index in [0.29, 0.717) is 22.3 Å². The van der Waals surface area contributed by atoms with Crippen molar-refractivity contribution in [2.45, 2.75) is 13.8 Å². The Morgan fingerprint density at radius 2 is 1.62 bits per heavy atom. The maximum atomic E-state index is 12.0. The third kappa shape index (κ3) is 3.52. The molecule has 3 rings (SSSR count). The molecule has 2 N–H and O–H groups in total. The number of anilines is 2. The number of benzene rings is 1. The highest BCUT2D eigenvalue weighted by molar-refractivity contribution is 6.30. The van der Waals surface area contributed by atoms with Gasteiger partial charge < -0.3 is 10.6 Å². The predicted molar refractivity (Wildman–Crippen MR) is 92.7 cm³/mol. The van der Waals surface area contributed by atoms with Crippen molar-refractivity contribution in [2.24, 2.45) is 0 Å². The van der Waals surface area contributed by atoms with Crippen molar-refractivity contribution < 1.29 is 4.79 Å². The van der Waals surface area contributed by atoms with Crippen molar-refractivity contribution in [3.8, 4) is 5.95 Å². The van der Waals surface area contributed by atoms with E-state index in [1.54, 1.807) is 47.6 Å². The van der Waals surface area contributed by atoms with E-state index in [9.17, 15) is 4.79 Å². The second kappa shape index (κ2) is 6.67. The van der Waals surface area contributed by atoms with Gasteiger partial charge in [0.1, 0.15) is 6.33 Å². The fourth-order valence-electron chi connectivity index (χ4n) is 2.04. The number of hydrogen-bond donors (Lipinski definition) is 2. The summed E-state index contributed by atoms with van der Waals surface area (Å²) >= 11 is 5.80. The lowest BCUT2D eigenvalue weighted by atomic mass is 10.3. The summed E-state index contributed by atoms with van der Waals surface area (Å²) in [7, 11) is 0. The van der Waals surface area contributed by atoms with Crippen LogP contribution in [0.2, 0.25) is 5.02 Å². The first kappa shape index (κ1) is 15.9. The number of hydrogen-bond acceptors (Lipinski definition) is 4. The highest BCUT2D eigenvalue weighted by Gasteiger charge is 2.08. The summed E-state index contributed by atoms with van der Waals surface area (Å²) in [5.41, 5.74) is 3.01. The lowest BCUT2D eigenvalue weighted by Crippen LogP contribution is -2.19. The zero-order valence-corrected chi connectivity index (χ0v) is 13.9. The van der Waals surface area contributed by atoms with Crippen LogP contribution in [0.15, 0.2) is 43.0 Å². The van der Waals surface area contributed by atoms with Gasteiger partial charge in [0.25, 0.3) is 0 Å². The summed E-state index contributed by atoms with van der Waals surface area (Å²) in [6.45, 7) is 3.86. The van der Waals surface area contributed by atoms with Gasteiger partial charge in [0, 0.05) is 16.4 Å². The number of imidazole rings is 1. The molecule has 0 atom stereocenters. The minimum absolute atomic E-state index is 0.386. The first-order chi connectivity index (χ1) is 11.5. The zero-order chi connectivity index (χ0) is 17.1. The minimum atomic E-state index is -0.386. The van der Waals surface area contributed by atoms with E-state index < -0.39 is 0 Å². The number of aromatic nitrogens is 4. The van der Waals surface area contributed by atoms with E-state index >= 15 is 0 Å². The van der Waals surface area contributed by atoms with E-state index in [1.165, 1.54) is 0 Å². The second-order valence-electron chi connectivity index (χ2n) is 5.14. The molecule has 2 aromatic heterocycles. The fraction of sp³-hybridized carbons (Fsp3) is 0.125. The molecule has 1 aromatic carbocycles. The van der Waals surface area contributed by atoms with Gasteiger partial charge in [-0.15, -0.1) is 0 Å². The highest BCUT2D eigenvalue weighted by Crippen LogP contribution is 2.14. The van der Waals surface area contributed by atoms with E-state index in [0.717, 1.165) is 11.4 Å². The van der Waals surface area contributed by atoms with Crippen LogP contribution < -0.4 is 10.6 Å². The number of urea groups is 1. The van der Waals surface area contributed by atoms with Crippen LogP contribution in [-0.2, 0) is 0 Å². The van der Waals surface area contributed by atoms with Gasteiger partial charge in [-0.1, -0.05) is 11.6 Å². The van der Waals surface area contributed by atoms with Crippen LogP contribution >= 0.6 is 11.6 Å². The Bertz CT molecular complexity index is 857. The Morgan fingerprint density at radius 1 is 1.00 bits per heavy atom. The van der Waals surface area contributed by atoms with Crippen molar-refractivity contribution in [3.05, 3.63) is 59.4 Å². The van der Waals surface area contributed by atoms with Gasteiger partial charge in [0.05, 0.1) is 23.8 Å². The molecule has 0 saturated heterocycles. The number of nitrogens with zero attached hydrogens (tertiary/aromatic N) is 4. The third-order valence-electron chi connectivity index (χ3n) is 3.47. The minimum Gasteiger partial charge on any atom is -0.308 e. The van der Waals surface area contributed by atoms with Crippen molar-refractivity contribution in [2.75, 3.05) is 10.6 Å². The van der Waals surface area contributed by atoms with Gasteiger partial charge in [0.2, 0.25) is 5.95 Å². The largest absolute Gasteiger partial charge is 0.323 e. The molecule has 0 bridgehead atoms. The third-order valence-corrected chi connectivity index (χ3v) is 3.72. The molecular weight excluding hydrogens is 328 g/mol. The quantitative estimate of drug-likeness (QED) is 0.762. The average Bonchev–Trinajstić information content (AvgIpc) is 2.90. The lowest BCUT2D eigenvalue weighted by molar-refractivity contribution is 0.262. The molecule has 24 heavy (non-hydrogen) atoms. The smallest absolute Gasteiger partial charge is 0.308 e. The average molecular weight is 343 g/mol. The Kier molecular flexibility index (Phi) is 4.43. The molecule has 0 fully saturated rings. The number of rotatable bonds is 3. The standard InChI is InChI=1S/C16H15ClN6O/c1-10-11(2)23(9-20-10)15-18-7-14(8-19-15)22-16(24)21-13-5-3-12(17)4-6-13/h3-9H,1-2H3,(H2,21,22,24). The molecular formula is C16H15ClN6O. The van der Waals surface area contributed by atoms with Crippen molar-refractivity contribution in [1.82, 2.24) is 19.5 Å². The summed E-state index contributed by atoms with van der Waals surface area (Å²) in [4.78, 5) is 24.7. The number of carbonyl (C=O) groups is 1. The van der Waals surface area contributed by atoms with Crippen LogP contribution in [0.5, 0.6) is 0 Å². The predicted octanol–water partition coefficient (Wildman–Crippen LogP) is 3.58. The lowest BCUT2D eigenvalue weighted by Gasteiger charge is -2.08. The molecule has 8 heteroatoms. The maximum absolute atomic E-state index is 12.0. The van der Waals surface area contributed by atoms with Crippen LogP contribution in [0.4, 0.5) is 16.2 Å². The second-order valence-corrected chi connectivity index (χ2v) is 5.58. The molecule has 3 aromatic rings. The number of amides is 2. The molecule has 2 amide bonds. The Balaban J connectivity index is 1.66. The number of carbonyl (C=O) groups excluding carboxylic acids is 1. The molecule has 0 aliphatic rings. The molecule has 122 valence electrons. The molecule has 0 spiro atoms.